The van der Waals surface area contributed by atoms with Gasteiger partial charge in [-0.3, -0.25) is 0 Å². The molecule has 0 bridgehead atoms. The average molecular weight is 332 g/mol. The van der Waals surface area contributed by atoms with E-state index in [4.69, 9.17) is 24.6 Å². The maximum absolute atomic E-state index is 9.69. The monoisotopic (exact) mass is 332 g/mol. The van der Waals surface area contributed by atoms with Crippen molar-refractivity contribution in [3.05, 3.63) is 0 Å². The second-order valence-corrected chi connectivity index (χ2v) is 6.41. The second-order valence-electron chi connectivity index (χ2n) is 6.41. The number of rotatable bonds is 5. The Kier molecular flexibility index (Phi) is 10.2. The van der Waals surface area contributed by atoms with E-state index >= 15 is 0 Å². The van der Waals surface area contributed by atoms with Gasteiger partial charge in [-0.25, -0.2) is 9.59 Å². The highest BCUT2D eigenvalue weighted by Gasteiger charge is 2.13. The normalized spacial score (nSPS) is 15.9. The third-order valence-corrected chi connectivity index (χ3v) is 2.94. The summed E-state index contributed by atoms with van der Waals surface area (Å²) in [5.41, 5.74) is 1.17. The molecule has 4 N–H and O–H groups in total. The Labute approximate surface area is 136 Å². The molecule has 1 aliphatic rings. The summed E-state index contributed by atoms with van der Waals surface area (Å²) in [4.78, 5) is 23.4. The van der Waals surface area contributed by atoms with Crippen molar-refractivity contribution in [3.63, 3.8) is 0 Å². The minimum Gasteiger partial charge on any atom is -0.473 e. The number of hydrogen-bond donors (Lipinski definition) is 4. The van der Waals surface area contributed by atoms with E-state index in [0.717, 1.165) is 18.6 Å². The van der Waals surface area contributed by atoms with Crippen molar-refractivity contribution in [2.24, 2.45) is 5.16 Å². The van der Waals surface area contributed by atoms with Gasteiger partial charge < -0.3 is 25.5 Å². The molecule has 1 rings (SSSR count). The van der Waals surface area contributed by atoms with Gasteiger partial charge in [-0.05, 0) is 46.5 Å². The number of carboxylic acid groups (broad SMARTS) is 2. The van der Waals surface area contributed by atoms with Crippen LogP contribution in [0.4, 0.5) is 0 Å². The average Bonchev–Trinajstić information content (AvgIpc) is 2.46. The van der Waals surface area contributed by atoms with Gasteiger partial charge in [0.15, 0.2) is 0 Å². The topological polar surface area (TPSA) is 128 Å². The number of aliphatic hydroxyl groups excluding tert-OH is 1. The van der Waals surface area contributed by atoms with E-state index in [1.807, 2.05) is 0 Å². The zero-order chi connectivity index (χ0) is 17.9. The van der Waals surface area contributed by atoms with Crippen molar-refractivity contribution < 1.29 is 29.7 Å². The molecule has 0 heterocycles. The number of aliphatic carboxylic acids is 2. The van der Waals surface area contributed by atoms with Crippen LogP contribution in [0.5, 0.6) is 0 Å². The minimum atomic E-state index is -1.82. The summed E-state index contributed by atoms with van der Waals surface area (Å²) in [6.45, 7) is 7.02. The fraction of sp³-hybridized carbons (Fsp3) is 0.800. The molecule has 0 spiro atoms. The van der Waals surface area contributed by atoms with Crippen LogP contribution in [0.15, 0.2) is 5.16 Å². The minimum absolute atomic E-state index is 0.0241. The summed E-state index contributed by atoms with van der Waals surface area (Å²) in [7, 11) is 0. The molecule has 1 unspecified atom stereocenters. The van der Waals surface area contributed by atoms with Gasteiger partial charge in [-0.1, -0.05) is 11.6 Å². The first-order valence-corrected chi connectivity index (χ1v) is 7.69. The fourth-order valence-electron chi connectivity index (χ4n) is 1.75. The van der Waals surface area contributed by atoms with Gasteiger partial charge in [-0.2, -0.15) is 0 Å². The highest BCUT2D eigenvalue weighted by molar-refractivity contribution is 6.27. The van der Waals surface area contributed by atoms with Crippen molar-refractivity contribution in [2.45, 2.75) is 64.5 Å². The van der Waals surface area contributed by atoms with E-state index in [9.17, 15) is 5.11 Å². The number of aliphatic hydroxyl groups is 1. The lowest BCUT2D eigenvalue weighted by Crippen LogP contribution is -2.42. The summed E-state index contributed by atoms with van der Waals surface area (Å²) in [5.74, 6) is -3.65. The Morgan fingerprint density at radius 2 is 1.70 bits per heavy atom. The molecule has 1 aliphatic carbocycles. The molecule has 8 heteroatoms. The molecule has 0 radical (unpaired) electrons. The van der Waals surface area contributed by atoms with Crippen molar-refractivity contribution in [1.82, 2.24) is 5.32 Å². The van der Waals surface area contributed by atoms with Crippen LogP contribution in [-0.2, 0) is 14.4 Å². The van der Waals surface area contributed by atoms with Crippen molar-refractivity contribution in [1.29, 1.82) is 0 Å². The molecular formula is C15H28N2O6. The number of nitrogens with zero attached hydrogens (tertiary/aromatic N) is 1. The summed E-state index contributed by atoms with van der Waals surface area (Å²) >= 11 is 0. The first kappa shape index (κ1) is 21.3. The van der Waals surface area contributed by atoms with Crippen molar-refractivity contribution in [2.75, 3.05) is 13.2 Å². The Morgan fingerprint density at radius 3 is 2.13 bits per heavy atom. The lowest BCUT2D eigenvalue weighted by molar-refractivity contribution is -0.159. The SMILES string of the molecule is CC(C)(C)NCC(O)CON=C1CCCCC1.O=C(O)C(=O)O. The van der Waals surface area contributed by atoms with Gasteiger partial charge in [0.2, 0.25) is 0 Å². The van der Waals surface area contributed by atoms with Gasteiger partial charge in [0.25, 0.3) is 0 Å². The van der Waals surface area contributed by atoms with Crippen LogP contribution < -0.4 is 5.32 Å². The molecule has 0 aromatic carbocycles. The Hall–Kier alpha value is -1.67. The Bertz CT molecular complexity index is 383. The van der Waals surface area contributed by atoms with E-state index in [-0.39, 0.29) is 12.1 Å². The second kappa shape index (κ2) is 11.0. The Balaban J connectivity index is 0.000000688. The maximum atomic E-state index is 9.69. The third kappa shape index (κ3) is 13.7. The van der Waals surface area contributed by atoms with Gasteiger partial charge in [0.1, 0.15) is 12.7 Å². The van der Waals surface area contributed by atoms with E-state index < -0.39 is 18.0 Å². The Morgan fingerprint density at radius 1 is 1.17 bits per heavy atom. The molecule has 0 amide bonds. The van der Waals surface area contributed by atoms with E-state index in [1.165, 1.54) is 19.3 Å². The molecule has 1 atom stereocenters. The quantitative estimate of drug-likeness (QED) is 0.440. The molecule has 0 aromatic rings. The molecule has 8 nitrogen and oxygen atoms in total. The zero-order valence-electron chi connectivity index (χ0n) is 14.0. The van der Waals surface area contributed by atoms with Crippen LogP contribution in [-0.4, -0.2) is 57.8 Å². The van der Waals surface area contributed by atoms with Gasteiger partial charge in [-0.15, -0.1) is 0 Å². The van der Waals surface area contributed by atoms with Crippen LogP contribution in [0.2, 0.25) is 0 Å². The maximum Gasteiger partial charge on any atom is 0.414 e. The van der Waals surface area contributed by atoms with Crippen molar-refractivity contribution in [3.8, 4) is 0 Å². The largest absolute Gasteiger partial charge is 0.473 e. The van der Waals surface area contributed by atoms with Crippen LogP contribution in [0, 0.1) is 0 Å². The van der Waals surface area contributed by atoms with Gasteiger partial charge >= 0.3 is 11.9 Å². The van der Waals surface area contributed by atoms with Gasteiger partial charge in [0, 0.05) is 12.1 Å². The van der Waals surface area contributed by atoms with E-state index in [0.29, 0.717) is 6.54 Å². The number of hydrogen-bond acceptors (Lipinski definition) is 6. The number of oxime groups is 1. The van der Waals surface area contributed by atoms with Crippen molar-refractivity contribution >= 4 is 17.7 Å². The molecule has 0 saturated heterocycles. The predicted molar refractivity (Wildman–Crippen MR) is 85.5 cm³/mol. The first-order chi connectivity index (χ1) is 10.6. The molecule has 1 saturated carbocycles. The molecular weight excluding hydrogens is 304 g/mol. The number of carboxylic acids is 2. The summed E-state index contributed by atoms with van der Waals surface area (Å²) < 4.78 is 0. The summed E-state index contributed by atoms with van der Waals surface area (Å²) in [5, 5.41) is 31.8. The lowest BCUT2D eigenvalue weighted by Gasteiger charge is -2.22. The molecule has 0 aliphatic heterocycles. The highest BCUT2D eigenvalue weighted by Crippen LogP contribution is 2.14. The molecule has 0 aromatic heterocycles. The first-order valence-electron chi connectivity index (χ1n) is 7.69. The van der Waals surface area contributed by atoms with Crippen LogP contribution in [0.25, 0.3) is 0 Å². The third-order valence-electron chi connectivity index (χ3n) is 2.94. The van der Waals surface area contributed by atoms with Crippen LogP contribution >= 0.6 is 0 Å². The van der Waals surface area contributed by atoms with E-state index in [2.05, 4.69) is 31.2 Å². The van der Waals surface area contributed by atoms with Crippen LogP contribution in [0.1, 0.15) is 52.9 Å². The number of β-amino-alcohol motifs (C(OH)–C–C–N with tert-alkyl or cyclic N) is 1. The standard InChI is InChI=1S/C13H26N2O2.C2H2O4/c1-13(2,3)14-9-12(16)10-17-15-11-7-5-4-6-8-11;3-1(4)2(5)6/h12,14,16H,4-10H2,1-3H3;(H,3,4)(H,5,6). The summed E-state index contributed by atoms with van der Waals surface area (Å²) in [6, 6.07) is 0. The van der Waals surface area contributed by atoms with Crippen LogP contribution in [0.3, 0.4) is 0 Å². The zero-order valence-corrected chi connectivity index (χ0v) is 14.0. The van der Waals surface area contributed by atoms with E-state index in [1.54, 1.807) is 0 Å². The number of carbonyl (C=O) groups is 2. The predicted octanol–water partition coefficient (Wildman–Crippen LogP) is 1.23. The molecule has 23 heavy (non-hydrogen) atoms. The fourth-order valence-corrected chi connectivity index (χ4v) is 1.75. The smallest absolute Gasteiger partial charge is 0.414 e. The highest BCUT2D eigenvalue weighted by atomic mass is 16.6. The van der Waals surface area contributed by atoms with Gasteiger partial charge in [0.05, 0.1) is 5.71 Å². The summed E-state index contributed by atoms with van der Waals surface area (Å²) in [6.07, 6.45) is 5.35. The molecule has 134 valence electrons. The molecule has 1 fully saturated rings. The lowest BCUT2D eigenvalue weighted by atomic mass is 9.99. The number of nitrogens with one attached hydrogen (secondary N) is 1.